The van der Waals surface area contributed by atoms with Crippen molar-refractivity contribution in [2.24, 2.45) is 0 Å². The Balaban J connectivity index is 1.60. The molecule has 0 N–H and O–H groups in total. The van der Waals surface area contributed by atoms with Crippen molar-refractivity contribution in [3.8, 4) is 11.5 Å². The third-order valence-corrected chi connectivity index (χ3v) is 4.55. The highest BCUT2D eigenvalue weighted by atomic mass is 16.5. The number of piperazine rings is 1. The van der Waals surface area contributed by atoms with Crippen molar-refractivity contribution in [1.82, 2.24) is 14.9 Å². The highest BCUT2D eigenvalue weighted by molar-refractivity contribution is 5.92. The number of rotatable bonds is 5. The van der Waals surface area contributed by atoms with Crippen LogP contribution in [0.5, 0.6) is 11.5 Å². The number of methoxy groups -OCH3 is 2. The SMILES string of the molecule is COc1ccc(/C=C/C(=O)N2CCN(c3cc(C)ncn3)CC2)c(OC)c1. The van der Waals surface area contributed by atoms with Gasteiger partial charge in [0.1, 0.15) is 23.6 Å². The molecule has 27 heavy (non-hydrogen) atoms. The van der Waals surface area contributed by atoms with E-state index in [0.29, 0.717) is 24.6 Å². The molecular formula is C20H24N4O3. The summed E-state index contributed by atoms with van der Waals surface area (Å²) in [7, 11) is 3.21. The summed E-state index contributed by atoms with van der Waals surface area (Å²) in [6.45, 7) is 4.77. The van der Waals surface area contributed by atoms with Gasteiger partial charge in [-0.3, -0.25) is 4.79 Å². The molecule has 1 amide bonds. The fourth-order valence-electron chi connectivity index (χ4n) is 2.99. The first-order valence-corrected chi connectivity index (χ1v) is 8.83. The predicted octanol–water partition coefficient (Wildman–Crippen LogP) is 2.16. The molecular weight excluding hydrogens is 344 g/mol. The van der Waals surface area contributed by atoms with E-state index in [1.807, 2.05) is 30.0 Å². The van der Waals surface area contributed by atoms with Crippen molar-refractivity contribution in [3.63, 3.8) is 0 Å². The molecule has 0 bridgehead atoms. The molecule has 7 nitrogen and oxygen atoms in total. The van der Waals surface area contributed by atoms with Gasteiger partial charge in [-0.1, -0.05) is 0 Å². The fourth-order valence-corrected chi connectivity index (χ4v) is 2.99. The standard InChI is InChI=1S/C20H24N4O3/c1-15-12-19(22-14-21-15)23-8-10-24(11-9-23)20(25)7-5-16-4-6-17(26-2)13-18(16)27-3/h4-7,12-14H,8-11H2,1-3H3/b7-5+. The van der Waals surface area contributed by atoms with Crippen molar-refractivity contribution in [1.29, 1.82) is 0 Å². The molecule has 0 aliphatic carbocycles. The van der Waals surface area contributed by atoms with E-state index in [1.54, 1.807) is 38.8 Å². The van der Waals surface area contributed by atoms with Crippen molar-refractivity contribution in [2.75, 3.05) is 45.3 Å². The minimum Gasteiger partial charge on any atom is -0.497 e. The van der Waals surface area contributed by atoms with Crippen LogP contribution in [0.15, 0.2) is 36.7 Å². The van der Waals surface area contributed by atoms with E-state index in [-0.39, 0.29) is 5.91 Å². The van der Waals surface area contributed by atoms with Crippen LogP contribution in [-0.2, 0) is 4.79 Å². The third kappa shape index (κ3) is 4.55. The second-order valence-corrected chi connectivity index (χ2v) is 6.27. The lowest BCUT2D eigenvalue weighted by molar-refractivity contribution is -0.126. The van der Waals surface area contributed by atoms with Crippen LogP contribution in [0.3, 0.4) is 0 Å². The van der Waals surface area contributed by atoms with Gasteiger partial charge in [0, 0.05) is 55.6 Å². The van der Waals surface area contributed by atoms with Gasteiger partial charge < -0.3 is 19.3 Å². The summed E-state index contributed by atoms with van der Waals surface area (Å²) in [6.07, 6.45) is 4.95. The first-order chi connectivity index (χ1) is 13.1. The topological polar surface area (TPSA) is 67.8 Å². The Hall–Kier alpha value is -3.09. The summed E-state index contributed by atoms with van der Waals surface area (Å²) in [4.78, 5) is 25.0. The molecule has 0 unspecified atom stereocenters. The van der Waals surface area contributed by atoms with Gasteiger partial charge >= 0.3 is 0 Å². The van der Waals surface area contributed by atoms with Crippen molar-refractivity contribution < 1.29 is 14.3 Å². The van der Waals surface area contributed by atoms with Crippen molar-refractivity contribution in [3.05, 3.63) is 47.9 Å². The molecule has 1 aliphatic heterocycles. The maximum Gasteiger partial charge on any atom is 0.246 e. The molecule has 3 rings (SSSR count). The highest BCUT2D eigenvalue weighted by Crippen LogP contribution is 2.25. The number of benzene rings is 1. The molecule has 2 aromatic rings. The van der Waals surface area contributed by atoms with Crippen LogP contribution in [-0.4, -0.2) is 61.2 Å². The van der Waals surface area contributed by atoms with E-state index >= 15 is 0 Å². The number of aryl methyl sites for hydroxylation is 1. The summed E-state index contributed by atoms with van der Waals surface area (Å²) in [5, 5.41) is 0. The van der Waals surface area contributed by atoms with Crippen LogP contribution in [0, 0.1) is 6.92 Å². The van der Waals surface area contributed by atoms with E-state index in [2.05, 4.69) is 14.9 Å². The number of aromatic nitrogens is 2. The minimum absolute atomic E-state index is 0.00797. The zero-order valence-electron chi connectivity index (χ0n) is 15.9. The molecule has 1 aromatic carbocycles. The molecule has 7 heteroatoms. The monoisotopic (exact) mass is 368 g/mol. The lowest BCUT2D eigenvalue weighted by atomic mass is 10.1. The Kier molecular flexibility index (Phi) is 5.90. The van der Waals surface area contributed by atoms with E-state index < -0.39 is 0 Å². The highest BCUT2D eigenvalue weighted by Gasteiger charge is 2.20. The van der Waals surface area contributed by atoms with Gasteiger partial charge in [-0.25, -0.2) is 9.97 Å². The fraction of sp³-hybridized carbons (Fsp3) is 0.350. The van der Waals surface area contributed by atoms with Crippen LogP contribution in [0.25, 0.3) is 6.08 Å². The van der Waals surface area contributed by atoms with Crippen LogP contribution in [0.4, 0.5) is 5.82 Å². The number of nitrogens with zero attached hydrogens (tertiary/aromatic N) is 4. The van der Waals surface area contributed by atoms with Crippen molar-refractivity contribution in [2.45, 2.75) is 6.92 Å². The molecule has 1 fully saturated rings. The Labute approximate surface area is 159 Å². The molecule has 1 aliphatic rings. The molecule has 0 radical (unpaired) electrons. The second kappa shape index (κ2) is 8.53. The van der Waals surface area contributed by atoms with Gasteiger partial charge in [0.15, 0.2) is 0 Å². The van der Waals surface area contributed by atoms with Crippen LogP contribution >= 0.6 is 0 Å². The molecule has 142 valence electrons. The smallest absolute Gasteiger partial charge is 0.246 e. The summed E-state index contributed by atoms with van der Waals surface area (Å²) >= 11 is 0. The van der Waals surface area contributed by atoms with Gasteiger partial charge in [0.25, 0.3) is 0 Å². The number of hydrogen-bond donors (Lipinski definition) is 0. The minimum atomic E-state index is -0.00797. The van der Waals surface area contributed by atoms with Gasteiger partial charge in [-0.15, -0.1) is 0 Å². The molecule has 0 atom stereocenters. The van der Waals surface area contributed by atoms with Gasteiger partial charge in [-0.2, -0.15) is 0 Å². The maximum absolute atomic E-state index is 12.5. The van der Waals surface area contributed by atoms with E-state index in [0.717, 1.165) is 30.2 Å². The Bertz CT molecular complexity index is 830. The van der Waals surface area contributed by atoms with Crippen LogP contribution in [0.1, 0.15) is 11.3 Å². The van der Waals surface area contributed by atoms with Gasteiger partial charge in [-0.05, 0) is 25.1 Å². The van der Waals surface area contributed by atoms with Crippen molar-refractivity contribution >= 4 is 17.8 Å². The largest absolute Gasteiger partial charge is 0.497 e. The number of anilines is 1. The zero-order chi connectivity index (χ0) is 19.2. The van der Waals surface area contributed by atoms with Gasteiger partial charge in [0.05, 0.1) is 14.2 Å². The van der Waals surface area contributed by atoms with Crippen LogP contribution in [0.2, 0.25) is 0 Å². The average molecular weight is 368 g/mol. The molecule has 1 saturated heterocycles. The summed E-state index contributed by atoms with van der Waals surface area (Å²) < 4.78 is 10.6. The molecule has 0 saturated carbocycles. The van der Waals surface area contributed by atoms with E-state index in [4.69, 9.17) is 9.47 Å². The average Bonchev–Trinajstić information content (AvgIpc) is 2.72. The number of ether oxygens (including phenoxy) is 2. The van der Waals surface area contributed by atoms with Crippen LogP contribution < -0.4 is 14.4 Å². The predicted molar refractivity (Wildman–Crippen MR) is 104 cm³/mol. The number of carbonyl (C=O) groups excluding carboxylic acids is 1. The second-order valence-electron chi connectivity index (χ2n) is 6.27. The Morgan fingerprint density at radius 2 is 1.85 bits per heavy atom. The normalized spacial score (nSPS) is 14.5. The lowest BCUT2D eigenvalue weighted by Gasteiger charge is -2.34. The Morgan fingerprint density at radius 1 is 1.07 bits per heavy atom. The first-order valence-electron chi connectivity index (χ1n) is 8.83. The molecule has 1 aromatic heterocycles. The lowest BCUT2D eigenvalue weighted by Crippen LogP contribution is -2.48. The quantitative estimate of drug-likeness (QED) is 0.754. The summed E-state index contributed by atoms with van der Waals surface area (Å²) in [5.41, 5.74) is 1.77. The summed E-state index contributed by atoms with van der Waals surface area (Å²) in [6, 6.07) is 7.48. The Morgan fingerprint density at radius 3 is 2.52 bits per heavy atom. The van der Waals surface area contributed by atoms with E-state index in [9.17, 15) is 4.79 Å². The molecule has 0 spiro atoms. The number of carbonyl (C=O) groups is 1. The maximum atomic E-state index is 12.5. The number of hydrogen-bond acceptors (Lipinski definition) is 6. The third-order valence-electron chi connectivity index (χ3n) is 4.55. The first kappa shape index (κ1) is 18.7. The zero-order valence-corrected chi connectivity index (χ0v) is 15.9. The van der Waals surface area contributed by atoms with Gasteiger partial charge in [0.2, 0.25) is 5.91 Å². The molecule has 2 heterocycles. The van der Waals surface area contributed by atoms with E-state index in [1.165, 1.54) is 0 Å². The number of amides is 1. The summed E-state index contributed by atoms with van der Waals surface area (Å²) in [5.74, 6) is 2.29.